The number of carbonyl (C=O) groups is 3. The van der Waals surface area contributed by atoms with Gasteiger partial charge in [-0.1, -0.05) is 66.6 Å². The minimum absolute atomic E-state index is 0.471. The predicted molar refractivity (Wildman–Crippen MR) is 142 cm³/mol. The molecule has 0 bridgehead atoms. The minimum atomic E-state index is -1.42. The number of aliphatic hydroxyl groups excluding tert-OH is 1. The van der Waals surface area contributed by atoms with Crippen LogP contribution in [-0.2, 0) is 14.3 Å². The number of amides is 3. The molecule has 0 saturated carbocycles. The number of ether oxygens (including phenoxy) is 1. The first-order valence-corrected chi connectivity index (χ1v) is 11.8. The zero-order valence-electron chi connectivity index (χ0n) is 21.3. The SMILES string of the molecule is C#CN(C(=O)C(CO)NC(=O)OC(C)(C)C)C(C(=O)Nc1ccc2ccccc2c1)c1cccc(C)c1. The normalized spacial score (nSPS) is 12.6. The summed E-state index contributed by atoms with van der Waals surface area (Å²) in [5.41, 5.74) is 1.04. The third-order valence-corrected chi connectivity index (χ3v) is 5.43. The number of alkyl carbamates (subject to hydrolysis) is 1. The molecule has 0 radical (unpaired) electrons. The van der Waals surface area contributed by atoms with Crippen molar-refractivity contribution in [3.05, 3.63) is 77.9 Å². The molecular weight excluding hydrogens is 470 g/mol. The largest absolute Gasteiger partial charge is 0.444 e. The zero-order valence-corrected chi connectivity index (χ0v) is 21.3. The smallest absolute Gasteiger partial charge is 0.408 e. The van der Waals surface area contributed by atoms with Crippen molar-refractivity contribution in [2.75, 3.05) is 11.9 Å². The number of benzene rings is 3. The predicted octanol–water partition coefficient (Wildman–Crippen LogP) is 4.13. The molecule has 0 aliphatic heterocycles. The monoisotopic (exact) mass is 501 g/mol. The molecular formula is C29H31N3O5. The average molecular weight is 502 g/mol. The van der Waals surface area contributed by atoms with E-state index in [0.717, 1.165) is 21.2 Å². The maximum absolute atomic E-state index is 13.6. The van der Waals surface area contributed by atoms with Crippen molar-refractivity contribution < 1.29 is 24.2 Å². The molecule has 3 N–H and O–H groups in total. The van der Waals surface area contributed by atoms with Crippen molar-refractivity contribution in [3.63, 3.8) is 0 Å². The van der Waals surface area contributed by atoms with Gasteiger partial charge in [0.05, 0.1) is 6.61 Å². The molecule has 3 amide bonds. The van der Waals surface area contributed by atoms with Crippen molar-refractivity contribution in [2.45, 2.75) is 45.4 Å². The number of carbonyl (C=O) groups excluding carboxylic acids is 3. The van der Waals surface area contributed by atoms with Gasteiger partial charge in [0, 0.05) is 11.7 Å². The van der Waals surface area contributed by atoms with E-state index in [0.29, 0.717) is 11.3 Å². The fourth-order valence-corrected chi connectivity index (χ4v) is 3.80. The number of fused-ring (bicyclic) bond motifs is 1. The second kappa shape index (κ2) is 11.6. The Hall–Kier alpha value is -4.35. The second-order valence-electron chi connectivity index (χ2n) is 9.59. The third kappa shape index (κ3) is 7.09. The van der Waals surface area contributed by atoms with E-state index >= 15 is 0 Å². The van der Waals surface area contributed by atoms with Crippen LogP contribution in [0.3, 0.4) is 0 Å². The van der Waals surface area contributed by atoms with E-state index in [-0.39, 0.29) is 0 Å². The Kier molecular flexibility index (Phi) is 8.53. The fraction of sp³-hybridized carbons (Fsp3) is 0.276. The number of hydrogen-bond donors (Lipinski definition) is 3. The number of rotatable bonds is 7. The highest BCUT2D eigenvalue weighted by Crippen LogP contribution is 2.26. The molecule has 0 aromatic heterocycles. The lowest BCUT2D eigenvalue weighted by Gasteiger charge is -2.30. The maximum Gasteiger partial charge on any atom is 0.408 e. The van der Waals surface area contributed by atoms with Gasteiger partial charge < -0.3 is 20.5 Å². The Labute approximate surface area is 216 Å². The van der Waals surface area contributed by atoms with Crippen molar-refractivity contribution in [1.29, 1.82) is 0 Å². The van der Waals surface area contributed by atoms with Gasteiger partial charge in [-0.2, -0.15) is 0 Å². The summed E-state index contributed by atoms with van der Waals surface area (Å²) >= 11 is 0. The molecule has 37 heavy (non-hydrogen) atoms. The van der Waals surface area contributed by atoms with E-state index in [9.17, 15) is 19.5 Å². The Morgan fingerprint density at radius 1 is 1.03 bits per heavy atom. The van der Waals surface area contributed by atoms with Crippen LogP contribution in [-0.4, -0.2) is 46.2 Å². The first-order valence-electron chi connectivity index (χ1n) is 11.8. The fourth-order valence-electron chi connectivity index (χ4n) is 3.80. The van der Waals surface area contributed by atoms with Crippen LogP contribution in [0.15, 0.2) is 66.7 Å². The first-order chi connectivity index (χ1) is 17.5. The van der Waals surface area contributed by atoms with Gasteiger partial charge in [0.15, 0.2) is 0 Å². The van der Waals surface area contributed by atoms with Crippen LogP contribution in [0.2, 0.25) is 0 Å². The molecule has 3 aromatic carbocycles. The topological polar surface area (TPSA) is 108 Å². The standard InChI is InChI=1S/C29H31N3O5/c1-6-32(27(35)24(18-33)31-28(36)37-29(3,4)5)25(22-13-9-10-19(2)16-22)26(34)30-23-15-14-20-11-7-8-12-21(20)17-23/h1,7-17,24-25,33H,18H2,2-5H3,(H,30,34)(H,31,36). The number of terminal acetylenes is 1. The Balaban J connectivity index is 1.93. The maximum atomic E-state index is 13.6. The first kappa shape index (κ1) is 27.2. The molecule has 0 saturated heterocycles. The lowest BCUT2D eigenvalue weighted by atomic mass is 10.0. The quantitative estimate of drug-likeness (QED) is 0.333. The molecule has 3 aromatic rings. The Morgan fingerprint density at radius 2 is 1.73 bits per heavy atom. The van der Waals surface area contributed by atoms with Crippen LogP contribution < -0.4 is 10.6 Å². The van der Waals surface area contributed by atoms with Crippen molar-refractivity contribution >= 4 is 34.4 Å². The molecule has 0 fully saturated rings. The molecule has 0 heterocycles. The van der Waals surface area contributed by atoms with Gasteiger partial charge in [-0.15, -0.1) is 0 Å². The van der Waals surface area contributed by atoms with Crippen molar-refractivity contribution in [2.24, 2.45) is 0 Å². The van der Waals surface area contributed by atoms with Gasteiger partial charge in [0.1, 0.15) is 17.7 Å². The Bertz CT molecular complexity index is 1340. The number of nitrogens with one attached hydrogen (secondary N) is 2. The lowest BCUT2D eigenvalue weighted by Crippen LogP contribution is -2.52. The van der Waals surface area contributed by atoms with Gasteiger partial charge in [0.25, 0.3) is 11.8 Å². The van der Waals surface area contributed by atoms with Crippen LogP contribution in [0.5, 0.6) is 0 Å². The lowest BCUT2D eigenvalue weighted by molar-refractivity contribution is -0.137. The molecule has 0 aliphatic rings. The summed E-state index contributed by atoms with van der Waals surface area (Å²) in [6.07, 6.45) is 4.83. The van der Waals surface area contributed by atoms with Crippen LogP contribution in [0.1, 0.15) is 37.9 Å². The average Bonchev–Trinajstić information content (AvgIpc) is 2.84. The highest BCUT2D eigenvalue weighted by Gasteiger charge is 2.36. The summed E-state index contributed by atoms with van der Waals surface area (Å²) in [4.78, 5) is 40.2. The highest BCUT2D eigenvalue weighted by atomic mass is 16.6. The molecule has 2 unspecified atom stereocenters. The number of nitrogens with zero attached hydrogens (tertiary/aromatic N) is 1. The molecule has 192 valence electrons. The van der Waals surface area contributed by atoms with Crippen LogP contribution in [0, 0.1) is 19.4 Å². The molecule has 8 nitrogen and oxygen atoms in total. The minimum Gasteiger partial charge on any atom is -0.444 e. The van der Waals surface area contributed by atoms with Gasteiger partial charge >= 0.3 is 6.09 Å². The third-order valence-electron chi connectivity index (χ3n) is 5.43. The highest BCUT2D eigenvalue weighted by molar-refractivity contribution is 6.01. The molecule has 0 aliphatic carbocycles. The van der Waals surface area contributed by atoms with Gasteiger partial charge in [-0.25, -0.2) is 4.79 Å². The number of aryl methyl sites for hydroxylation is 1. The van der Waals surface area contributed by atoms with E-state index in [4.69, 9.17) is 11.2 Å². The van der Waals surface area contributed by atoms with Crippen LogP contribution >= 0.6 is 0 Å². The van der Waals surface area contributed by atoms with Crippen LogP contribution in [0.25, 0.3) is 10.8 Å². The summed E-state index contributed by atoms with van der Waals surface area (Å²) in [6.45, 7) is 6.11. The van der Waals surface area contributed by atoms with E-state index in [1.54, 1.807) is 45.0 Å². The molecule has 0 spiro atoms. The van der Waals surface area contributed by atoms with Crippen molar-refractivity contribution in [3.8, 4) is 12.5 Å². The summed E-state index contributed by atoms with van der Waals surface area (Å²) in [6, 6.07) is 19.8. The Morgan fingerprint density at radius 3 is 2.35 bits per heavy atom. The number of anilines is 1. The van der Waals surface area contributed by atoms with E-state index in [1.165, 1.54) is 0 Å². The molecule has 2 atom stereocenters. The summed E-state index contributed by atoms with van der Waals surface area (Å²) in [5, 5.41) is 17.0. The van der Waals surface area contributed by atoms with Gasteiger partial charge in [-0.3, -0.25) is 14.5 Å². The van der Waals surface area contributed by atoms with E-state index in [2.05, 4.69) is 16.7 Å². The van der Waals surface area contributed by atoms with E-state index in [1.807, 2.05) is 49.4 Å². The number of aliphatic hydroxyl groups is 1. The summed E-state index contributed by atoms with van der Waals surface area (Å²) in [7, 11) is 0. The summed E-state index contributed by atoms with van der Waals surface area (Å²) in [5.74, 6) is -1.39. The number of hydrogen-bond acceptors (Lipinski definition) is 5. The zero-order chi connectivity index (χ0) is 27.2. The van der Waals surface area contributed by atoms with Gasteiger partial charge in [-0.05, 0) is 56.2 Å². The summed E-state index contributed by atoms with van der Waals surface area (Å²) < 4.78 is 5.19. The molecule has 3 rings (SSSR count). The van der Waals surface area contributed by atoms with Gasteiger partial charge in [0.2, 0.25) is 0 Å². The molecule has 8 heteroatoms. The van der Waals surface area contributed by atoms with E-state index < -0.39 is 42.2 Å². The van der Waals surface area contributed by atoms with Crippen LogP contribution in [0.4, 0.5) is 10.5 Å². The van der Waals surface area contributed by atoms with Crippen molar-refractivity contribution in [1.82, 2.24) is 10.2 Å². The second-order valence-corrected chi connectivity index (χ2v) is 9.59.